The zero-order chi connectivity index (χ0) is 12.6. The Kier molecular flexibility index (Phi) is 2.68. The Morgan fingerprint density at radius 1 is 1.18 bits per heavy atom. The molecule has 1 heterocycles. The van der Waals surface area contributed by atoms with Crippen LogP contribution in [0.4, 0.5) is 11.4 Å². The minimum atomic E-state index is -0.585. The van der Waals surface area contributed by atoms with Gasteiger partial charge in [-0.05, 0) is 12.1 Å². The summed E-state index contributed by atoms with van der Waals surface area (Å²) < 4.78 is 0. The summed E-state index contributed by atoms with van der Waals surface area (Å²) in [5, 5.41) is 10.6. The van der Waals surface area contributed by atoms with Crippen LogP contribution in [-0.4, -0.2) is 16.7 Å². The first-order valence-electron chi connectivity index (χ1n) is 4.54. The van der Waals surface area contributed by atoms with E-state index in [0.717, 1.165) is 17.1 Å². The van der Waals surface area contributed by atoms with Crippen molar-refractivity contribution >= 4 is 35.8 Å². The number of imide groups is 1. The molecule has 0 bridgehead atoms. The molecule has 0 atom stereocenters. The van der Waals surface area contributed by atoms with Crippen LogP contribution in [0.1, 0.15) is 0 Å². The van der Waals surface area contributed by atoms with Crippen LogP contribution in [0.3, 0.4) is 0 Å². The van der Waals surface area contributed by atoms with E-state index in [1.807, 2.05) is 0 Å². The summed E-state index contributed by atoms with van der Waals surface area (Å²) in [5.41, 5.74) is 0.0877. The summed E-state index contributed by atoms with van der Waals surface area (Å²) in [6.45, 7) is 0. The van der Waals surface area contributed by atoms with E-state index in [1.54, 1.807) is 0 Å². The molecule has 0 aromatic heterocycles. The maximum Gasteiger partial charge on any atom is 0.282 e. The average molecular weight is 250 g/mol. The lowest BCUT2D eigenvalue weighted by molar-refractivity contribution is -0.387. The van der Waals surface area contributed by atoms with Gasteiger partial charge >= 0.3 is 0 Å². The molecule has 0 radical (unpaired) electrons. The first-order chi connectivity index (χ1) is 8.00. The van der Waals surface area contributed by atoms with E-state index >= 15 is 0 Å². The van der Waals surface area contributed by atoms with Gasteiger partial charge in [0.25, 0.3) is 17.5 Å². The van der Waals surface area contributed by atoms with Crippen LogP contribution in [0.25, 0.3) is 0 Å². The van der Waals surface area contributed by atoms with Gasteiger partial charge in [0.05, 0.1) is 15.5 Å². The number of benzene rings is 1. The van der Waals surface area contributed by atoms with Gasteiger partial charge < -0.3 is 0 Å². The Morgan fingerprint density at radius 3 is 2.24 bits per heavy atom. The Morgan fingerprint density at radius 2 is 1.76 bits per heavy atom. The van der Waals surface area contributed by atoms with E-state index in [0.29, 0.717) is 0 Å². The molecule has 7 heteroatoms. The fraction of sp³-hybridized carbons (Fsp3) is 0. The molecule has 1 aromatic carbocycles. The quantitative estimate of drug-likeness (QED) is 0.371. The van der Waals surface area contributed by atoms with Gasteiger partial charge in [-0.25, -0.2) is 4.90 Å². The van der Waals surface area contributed by atoms with Crippen molar-refractivity contribution < 1.29 is 14.5 Å². The summed E-state index contributed by atoms with van der Waals surface area (Å²) >= 11 is 3.95. The fourth-order valence-corrected chi connectivity index (χ4v) is 1.75. The lowest BCUT2D eigenvalue weighted by Crippen LogP contribution is -2.29. The molecule has 17 heavy (non-hydrogen) atoms. The van der Waals surface area contributed by atoms with E-state index in [-0.39, 0.29) is 16.3 Å². The molecule has 0 saturated heterocycles. The Hall–Kier alpha value is -2.15. The normalized spacial score (nSPS) is 14.5. The number of hydrogen-bond donors (Lipinski definition) is 1. The number of carbonyl (C=O) groups is 2. The molecule has 1 aliphatic rings. The van der Waals surface area contributed by atoms with Crippen molar-refractivity contribution in [2.24, 2.45) is 0 Å². The lowest BCUT2D eigenvalue weighted by Gasteiger charge is -2.13. The van der Waals surface area contributed by atoms with Crippen molar-refractivity contribution in [3.63, 3.8) is 0 Å². The predicted molar refractivity (Wildman–Crippen MR) is 62.0 cm³/mol. The van der Waals surface area contributed by atoms with E-state index in [4.69, 9.17) is 0 Å². The van der Waals surface area contributed by atoms with E-state index in [9.17, 15) is 19.7 Å². The minimum Gasteiger partial charge on any atom is -0.269 e. The van der Waals surface area contributed by atoms with E-state index in [2.05, 4.69) is 12.6 Å². The van der Waals surface area contributed by atoms with Gasteiger partial charge in [-0.15, -0.1) is 12.6 Å². The van der Waals surface area contributed by atoms with Gasteiger partial charge in [0.1, 0.15) is 0 Å². The summed E-state index contributed by atoms with van der Waals surface area (Å²) in [7, 11) is 0. The maximum atomic E-state index is 11.4. The molecule has 86 valence electrons. The highest BCUT2D eigenvalue weighted by atomic mass is 32.1. The number of hydrogen-bond acceptors (Lipinski definition) is 5. The van der Waals surface area contributed by atoms with Crippen LogP contribution in [0.15, 0.2) is 35.2 Å². The number of nitrogens with zero attached hydrogens (tertiary/aromatic N) is 2. The zero-order valence-corrected chi connectivity index (χ0v) is 9.26. The van der Waals surface area contributed by atoms with E-state index < -0.39 is 16.7 Å². The van der Waals surface area contributed by atoms with Crippen LogP contribution in [0.2, 0.25) is 0 Å². The number of rotatable bonds is 2. The van der Waals surface area contributed by atoms with Crippen molar-refractivity contribution in [2.45, 2.75) is 4.90 Å². The molecule has 0 spiro atoms. The largest absolute Gasteiger partial charge is 0.282 e. The van der Waals surface area contributed by atoms with Crippen molar-refractivity contribution in [3.05, 3.63) is 40.5 Å². The predicted octanol–water partition coefficient (Wildman–Crippen LogP) is 1.31. The van der Waals surface area contributed by atoms with Crippen molar-refractivity contribution in [3.8, 4) is 0 Å². The summed E-state index contributed by atoms with van der Waals surface area (Å²) in [4.78, 5) is 33.8. The molecule has 0 aliphatic carbocycles. The number of carbonyl (C=O) groups excluding carboxylic acids is 2. The van der Waals surface area contributed by atoms with Gasteiger partial charge in [-0.1, -0.05) is 0 Å². The highest BCUT2D eigenvalue weighted by molar-refractivity contribution is 7.80. The second-order valence-electron chi connectivity index (χ2n) is 3.28. The number of nitro groups is 1. The second kappa shape index (κ2) is 4.02. The smallest absolute Gasteiger partial charge is 0.269 e. The fourth-order valence-electron chi connectivity index (χ4n) is 1.46. The van der Waals surface area contributed by atoms with Gasteiger partial charge in [-0.3, -0.25) is 19.7 Å². The van der Waals surface area contributed by atoms with E-state index in [1.165, 1.54) is 18.2 Å². The molecule has 6 nitrogen and oxygen atoms in total. The number of nitro benzene ring substituents is 1. The molecule has 1 aliphatic heterocycles. The summed E-state index contributed by atoms with van der Waals surface area (Å²) in [5.74, 6) is -0.951. The molecule has 2 amide bonds. The molecule has 0 saturated carbocycles. The summed E-state index contributed by atoms with van der Waals surface area (Å²) in [6.07, 6.45) is 2.28. The van der Waals surface area contributed by atoms with Gasteiger partial charge in [0.15, 0.2) is 0 Å². The Labute approximate surface area is 101 Å². The minimum absolute atomic E-state index is 0.0972. The van der Waals surface area contributed by atoms with Crippen LogP contribution >= 0.6 is 12.6 Å². The first kappa shape index (κ1) is 11.3. The van der Waals surface area contributed by atoms with Crippen LogP contribution in [0.5, 0.6) is 0 Å². The Bertz CT molecular complexity index is 549. The summed E-state index contributed by atoms with van der Waals surface area (Å²) in [6, 6.07) is 3.85. The van der Waals surface area contributed by atoms with Gasteiger partial charge in [0, 0.05) is 18.2 Å². The van der Waals surface area contributed by atoms with Gasteiger partial charge in [-0.2, -0.15) is 0 Å². The molecule has 1 aromatic rings. The SMILES string of the molecule is O=C1C=CC(=O)N1c1ccc([N+](=O)[O-])c(S)c1. The third kappa shape index (κ3) is 1.92. The number of amides is 2. The molecule has 2 rings (SSSR count). The molecular formula is C10H6N2O4S. The first-order valence-corrected chi connectivity index (χ1v) is 4.99. The highest BCUT2D eigenvalue weighted by Crippen LogP contribution is 2.28. The standard InChI is InChI=1S/C10H6N2O4S/c13-9-3-4-10(14)11(9)6-1-2-7(12(15)16)8(17)5-6/h1-5,17H. The Balaban J connectivity index is 2.42. The molecule has 0 fully saturated rings. The third-order valence-corrected chi connectivity index (χ3v) is 2.58. The van der Waals surface area contributed by atoms with Crippen molar-refractivity contribution in [2.75, 3.05) is 4.90 Å². The molecular weight excluding hydrogens is 244 g/mol. The molecule has 0 N–H and O–H groups in total. The number of anilines is 1. The highest BCUT2D eigenvalue weighted by Gasteiger charge is 2.26. The molecule has 0 unspecified atom stereocenters. The zero-order valence-electron chi connectivity index (χ0n) is 8.36. The maximum absolute atomic E-state index is 11.4. The average Bonchev–Trinajstić information content (AvgIpc) is 2.58. The monoisotopic (exact) mass is 250 g/mol. The van der Waals surface area contributed by atoms with Crippen molar-refractivity contribution in [1.29, 1.82) is 0 Å². The second-order valence-corrected chi connectivity index (χ2v) is 3.76. The van der Waals surface area contributed by atoms with Crippen LogP contribution in [0, 0.1) is 10.1 Å². The van der Waals surface area contributed by atoms with Crippen LogP contribution < -0.4 is 4.90 Å². The number of thiol groups is 1. The lowest BCUT2D eigenvalue weighted by atomic mass is 10.2. The van der Waals surface area contributed by atoms with Gasteiger partial charge in [0.2, 0.25) is 0 Å². The third-order valence-electron chi connectivity index (χ3n) is 2.22. The van der Waals surface area contributed by atoms with Crippen molar-refractivity contribution in [1.82, 2.24) is 0 Å². The van der Waals surface area contributed by atoms with Crippen LogP contribution in [-0.2, 0) is 9.59 Å². The topological polar surface area (TPSA) is 80.5 Å².